The van der Waals surface area contributed by atoms with E-state index >= 15 is 0 Å². The molecule has 0 N–H and O–H groups in total. The van der Waals surface area contributed by atoms with Gasteiger partial charge in [0.2, 0.25) is 0 Å². The molecule has 0 saturated heterocycles. The van der Waals surface area contributed by atoms with Crippen LogP contribution in [0, 0.1) is 0 Å². The molecule has 0 aromatic heterocycles. The van der Waals surface area contributed by atoms with Gasteiger partial charge < -0.3 is 4.90 Å². The van der Waals surface area contributed by atoms with Crippen LogP contribution in [0.2, 0.25) is 5.02 Å². The molecule has 0 unspecified atom stereocenters. The number of halogens is 2. The lowest BCUT2D eigenvalue weighted by Gasteiger charge is -2.21. The highest BCUT2D eigenvalue weighted by Crippen LogP contribution is 2.27. The molecule has 2 aromatic carbocycles. The van der Waals surface area contributed by atoms with E-state index in [2.05, 4.69) is 64.3 Å². The maximum Gasteiger partial charge on any atom is 0.0642 e. The molecule has 2 rings (SSSR count). The lowest BCUT2D eigenvalue weighted by molar-refractivity contribution is 0.923. The Morgan fingerprint density at radius 3 is 2.39 bits per heavy atom. The highest BCUT2D eigenvalue weighted by atomic mass is 79.9. The third-order valence-electron chi connectivity index (χ3n) is 2.84. The number of hydrogen-bond donors (Lipinski definition) is 0. The van der Waals surface area contributed by atoms with Crippen LogP contribution in [-0.2, 0) is 11.9 Å². The highest BCUT2D eigenvalue weighted by molar-refractivity contribution is 9.08. The zero-order valence-corrected chi connectivity index (χ0v) is 12.6. The van der Waals surface area contributed by atoms with Gasteiger partial charge >= 0.3 is 0 Å². The molecule has 0 heterocycles. The number of benzene rings is 2. The van der Waals surface area contributed by atoms with Crippen molar-refractivity contribution in [2.45, 2.75) is 11.9 Å². The second kappa shape index (κ2) is 6.26. The van der Waals surface area contributed by atoms with Gasteiger partial charge in [0.05, 0.1) is 10.7 Å². The van der Waals surface area contributed by atoms with Crippen LogP contribution in [0.25, 0.3) is 0 Å². The maximum atomic E-state index is 6.31. The Kier molecular flexibility index (Phi) is 4.67. The molecule has 94 valence electrons. The predicted octanol–water partition coefficient (Wildman–Crippen LogP) is 4.87. The van der Waals surface area contributed by atoms with Gasteiger partial charge in [-0.25, -0.2) is 0 Å². The van der Waals surface area contributed by atoms with E-state index in [0.29, 0.717) is 0 Å². The lowest BCUT2D eigenvalue weighted by atomic mass is 10.2. The minimum Gasteiger partial charge on any atom is -0.369 e. The Morgan fingerprint density at radius 2 is 1.78 bits per heavy atom. The van der Waals surface area contributed by atoms with Gasteiger partial charge in [0.1, 0.15) is 0 Å². The monoisotopic (exact) mass is 323 g/mol. The van der Waals surface area contributed by atoms with Crippen molar-refractivity contribution in [2.24, 2.45) is 0 Å². The van der Waals surface area contributed by atoms with Gasteiger partial charge in [-0.2, -0.15) is 0 Å². The van der Waals surface area contributed by atoms with Gasteiger partial charge in [-0.15, -0.1) is 0 Å². The summed E-state index contributed by atoms with van der Waals surface area (Å²) in [5, 5.41) is 1.63. The molecule has 0 aliphatic heterocycles. The van der Waals surface area contributed by atoms with Crippen LogP contribution in [0.1, 0.15) is 11.1 Å². The highest BCUT2D eigenvalue weighted by Gasteiger charge is 2.07. The Hall–Kier alpha value is -0.990. The minimum absolute atomic E-state index is 0.797. The molecule has 0 spiro atoms. The van der Waals surface area contributed by atoms with E-state index in [1.807, 2.05) is 12.1 Å². The third kappa shape index (κ3) is 3.27. The van der Waals surface area contributed by atoms with Gasteiger partial charge in [0.25, 0.3) is 0 Å². The molecular formula is C15H15BrClN. The van der Waals surface area contributed by atoms with Crippen LogP contribution in [0.15, 0.2) is 48.5 Å². The summed E-state index contributed by atoms with van der Waals surface area (Å²) in [7, 11) is 2.06. The van der Waals surface area contributed by atoms with Crippen LogP contribution < -0.4 is 4.90 Å². The SMILES string of the molecule is CN(Cc1ccccc1)c1ccc(CBr)cc1Cl. The Balaban J connectivity index is 2.16. The topological polar surface area (TPSA) is 3.24 Å². The molecule has 0 bridgehead atoms. The number of anilines is 1. The molecular weight excluding hydrogens is 310 g/mol. The second-order valence-electron chi connectivity index (χ2n) is 4.26. The van der Waals surface area contributed by atoms with E-state index in [1.165, 1.54) is 11.1 Å². The Bertz CT molecular complexity index is 513. The molecule has 0 aliphatic rings. The first-order valence-electron chi connectivity index (χ1n) is 5.80. The van der Waals surface area contributed by atoms with E-state index < -0.39 is 0 Å². The van der Waals surface area contributed by atoms with Crippen LogP contribution in [0.5, 0.6) is 0 Å². The van der Waals surface area contributed by atoms with E-state index in [9.17, 15) is 0 Å². The van der Waals surface area contributed by atoms with Crippen LogP contribution in [0.3, 0.4) is 0 Å². The lowest BCUT2D eigenvalue weighted by Crippen LogP contribution is -2.16. The molecule has 3 heteroatoms. The van der Waals surface area contributed by atoms with E-state index in [4.69, 9.17) is 11.6 Å². The molecule has 0 amide bonds. The first-order chi connectivity index (χ1) is 8.70. The smallest absolute Gasteiger partial charge is 0.0642 e. The van der Waals surface area contributed by atoms with Gasteiger partial charge in [-0.3, -0.25) is 0 Å². The Labute approximate surface area is 122 Å². The first kappa shape index (κ1) is 13.4. The number of rotatable bonds is 4. The third-order valence-corrected chi connectivity index (χ3v) is 3.79. The van der Waals surface area contributed by atoms with E-state index in [0.717, 1.165) is 22.6 Å². The van der Waals surface area contributed by atoms with Crippen LogP contribution in [-0.4, -0.2) is 7.05 Å². The van der Waals surface area contributed by atoms with Crippen LogP contribution in [0.4, 0.5) is 5.69 Å². The van der Waals surface area contributed by atoms with Crippen molar-refractivity contribution in [3.8, 4) is 0 Å². The van der Waals surface area contributed by atoms with Crippen LogP contribution >= 0.6 is 27.5 Å². The standard InChI is InChI=1S/C15H15BrClN/c1-18(11-12-5-3-2-4-6-12)15-8-7-13(10-16)9-14(15)17/h2-9H,10-11H2,1H3. The molecule has 0 saturated carbocycles. The first-order valence-corrected chi connectivity index (χ1v) is 7.30. The molecule has 0 aliphatic carbocycles. The average Bonchev–Trinajstić information content (AvgIpc) is 2.39. The van der Waals surface area contributed by atoms with Crippen molar-refractivity contribution in [1.82, 2.24) is 0 Å². The largest absolute Gasteiger partial charge is 0.369 e. The van der Waals surface area contributed by atoms with E-state index in [1.54, 1.807) is 0 Å². The Morgan fingerprint density at radius 1 is 1.06 bits per heavy atom. The maximum absolute atomic E-state index is 6.31. The molecule has 0 atom stereocenters. The molecule has 0 fully saturated rings. The second-order valence-corrected chi connectivity index (χ2v) is 5.23. The van der Waals surface area contributed by atoms with Crippen molar-refractivity contribution in [3.63, 3.8) is 0 Å². The van der Waals surface area contributed by atoms with Gasteiger partial charge in [0, 0.05) is 18.9 Å². The fourth-order valence-electron chi connectivity index (χ4n) is 1.89. The summed E-state index contributed by atoms with van der Waals surface area (Å²) in [6.07, 6.45) is 0. The van der Waals surface area contributed by atoms with Gasteiger partial charge in [-0.1, -0.05) is 63.9 Å². The number of nitrogens with zero attached hydrogens (tertiary/aromatic N) is 1. The summed E-state index contributed by atoms with van der Waals surface area (Å²) >= 11 is 9.74. The van der Waals surface area contributed by atoms with Crippen molar-refractivity contribution >= 4 is 33.2 Å². The van der Waals surface area contributed by atoms with E-state index in [-0.39, 0.29) is 0 Å². The summed E-state index contributed by atoms with van der Waals surface area (Å²) in [5.41, 5.74) is 3.53. The minimum atomic E-state index is 0.797. The molecule has 2 aromatic rings. The van der Waals surface area contributed by atoms with Crippen molar-refractivity contribution in [1.29, 1.82) is 0 Å². The average molecular weight is 325 g/mol. The quantitative estimate of drug-likeness (QED) is 0.725. The summed E-state index contributed by atoms with van der Waals surface area (Å²) in [5.74, 6) is 0. The summed E-state index contributed by atoms with van der Waals surface area (Å²) in [6.45, 7) is 0.855. The molecule has 18 heavy (non-hydrogen) atoms. The summed E-state index contributed by atoms with van der Waals surface area (Å²) in [6, 6.07) is 16.6. The van der Waals surface area contributed by atoms with Crippen molar-refractivity contribution in [3.05, 3.63) is 64.7 Å². The summed E-state index contributed by atoms with van der Waals surface area (Å²) < 4.78 is 0. The van der Waals surface area contributed by atoms with Crippen molar-refractivity contribution in [2.75, 3.05) is 11.9 Å². The van der Waals surface area contributed by atoms with Crippen molar-refractivity contribution < 1.29 is 0 Å². The number of hydrogen-bond acceptors (Lipinski definition) is 1. The number of alkyl halides is 1. The summed E-state index contributed by atoms with van der Waals surface area (Å²) in [4.78, 5) is 2.16. The predicted molar refractivity (Wildman–Crippen MR) is 82.6 cm³/mol. The van der Waals surface area contributed by atoms with Gasteiger partial charge in [0.15, 0.2) is 0 Å². The van der Waals surface area contributed by atoms with Gasteiger partial charge in [-0.05, 0) is 23.3 Å². The fraction of sp³-hybridized carbons (Fsp3) is 0.200. The fourth-order valence-corrected chi connectivity index (χ4v) is 2.58. The zero-order valence-electron chi connectivity index (χ0n) is 10.2. The molecule has 0 radical (unpaired) electrons. The molecule has 1 nitrogen and oxygen atoms in total. The zero-order chi connectivity index (χ0) is 13.0. The normalized spacial score (nSPS) is 10.4.